The summed E-state index contributed by atoms with van der Waals surface area (Å²) in [6.07, 6.45) is 5.97. The standard InChI is InChI=1S/C21H23N5O3.CH4/c1-13-8-16(14-4-2-6-22-10-14)25-20-19(13)24-12-26(21(20)29)11-15(27)9-17-18(28)5-3-7-23-17;/h2,4,6,8,10,12,17-18,23,28H,3,5,7,9,11H2,1H3;1H4/t17-,18+;/m1./s1. The van der Waals surface area contributed by atoms with Crippen LogP contribution in [0.2, 0.25) is 0 Å². The van der Waals surface area contributed by atoms with Crippen molar-refractivity contribution in [1.29, 1.82) is 0 Å². The third kappa shape index (κ3) is 4.44. The van der Waals surface area contributed by atoms with Crippen molar-refractivity contribution in [3.63, 3.8) is 0 Å². The van der Waals surface area contributed by atoms with Gasteiger partial charge in [-0.2, -0.15) is 0 Å². The normalized spacial score (nSPS) is 18.7. The minimum Gasteiger partial charge on any atom is -0.391 e. The van der Waals surface area contributed by atoms with Crippen molar-refractivity contribution in [2.45, 2.75) is 52.3 Å². The number of carbonyl (C=O) groups excluding carboxylic acids is 1. The molecule has 30 heavy (non-hydrogen) atoms. The van der Waals surface area contributed by atoms with E-state index < -0.39 is 6.10 Å². The maximum atomic E-state index is 13.0. The molecule has 2 N–H and O–H groups in total. The Balaban J connectivity index is 0.00000256. The molecule has 1 aliphatic heterocycles. The molecule has 1 saturated heterocycles. The molecule has 3 aromatic heterocycles. The van der Waals surface area contributed by atoms with E-state index in [1.54, 1.807) is 12.4 Å². The molecule has 0 saturated carbocycles. The van der Waals surface area contributed by atoms with Crippen molar-refractivity contribution in [2.24, 2.45) is 0 Å². The van der Waals surface area contributed by atoms with Crippen molar-refractivity contribution in [3.05, 3.63) is 52.8 Å². The first-order chi connectivity index (χ1) is 14.0. The largest absolute Gasteiger partial charge is 0.391 e. The number of hydrogen-bond donors (Lipinski definition) is 2. The van der Waals surface area contributed by atoms with Gasteiger partial charge >= 0.3 is 0 Å². The van der Waals surface area contributed by atoms with Gasteiger partial charge in [0.15, 0.2) is 11.3 Å². The molecule has 0 unspecified atom stereocenters. The first-order valence-electron chi connectivity index (χ1n) is 9.73. The van der Waals surface area contributed by atoms with Gasteiger partial charge in [0, 0.05) is 30.4 Å². The van der Waals surface area contributed by atoms with Crippen LogP contribution in [0, 0.1) is 6.92 Å². The van der Waals surface area contributed by atoms with Gasteiger partial charge in [-0.05, 0) is 50.1 Å². The predicted octanol–water partition coefficient (Wildman–Crippen LogP) is 1.87. The average molecular weight is 409 g/mol. The fourth-order valence-corrected chi connectivity index (χ4v) is 3.71. The van der Waals surface area contributed by atoms with E-state index in [0.29, 0.717) is 17.6 Å². The lowest BCUT2D eigenvalue weighted by Gasteiger charge is -2.28. The fraction of sp³-hybridized carbons (Fsp3) is 0.409. The highest BCUT2D eigenvalue weighted by Crippen LogP contribution is 2.21. The third-order valence-electron chi connectivity index (χ3n) is 5.27. The number of fused-ring (bicyclic) bond motifs is 1. The highest BCUT2D eigenvalue weighted by molar-refractivity contribution is 5.82. The maximum Gasteiger partial charge on any atom is 0.280 e. The number of hydrogen-bond acceptors (Lipinski definition) is 7. The average Bonchev–Trinajstić information content (AvgIpc) is 2.72. The van der Waals surface area contributed by atoms with Crippen molar-refractivity contribution in [1.82, 2.24) is 24.8 Å². The summed E-state index contributed by atoms with van der Waals surface area (Å²) in [5.41, 5.74) is 2.68. The van der Waals surface area contributed by atoms with Crippen LogP contribution in [0.4, 0.5) is 0 Å². The van der Waals surface area contributed by atoms with Crippen LogP contribution in [-0.2, 0) is 11.3 Å². The molecule has 8 heteroatoms. The van der Waals surface area contributed by atoms with E-state index in [1.165, 1.54) is 10.9 Å². The van der Waals surface area contributed by atoms with Crippen LogP contribution in [0.25, 0.3) is 22.3 Å². The number of ketones is 1. The Morgan fingerprint density at radius 3 is 2.93 bits per heavy atom. The van der Waals surface area contributed by atoms with Crippen LogP contribution in [0.5, 0.6) is 0 Å². The van der Waals surface area contributed by atoms with E-state index in [9.17, 15) is 14.7 Å². The summed E-state index contributed by atoms with van der Waals surface area (Å²) in [6, 6.07) is 5.29. The molecule has 3 aromatic rings. The highest BCUT2D eigenvalue weighted by Gasteiger charge is 2.25. The lowest BCUT2D eigenvalue weighted by atomic mass is 9.97. The number of nitrogens with one attached hydrogen (secondary N) is 1. The van der Waals surface area contributed by atoms with Crippen LogP contribution in [-0.4, -0.2) is 49.1 Å². The Labute approximate surface area is 175 Å². The molecule has 1 fully saturated rings. The molecule has 4 heterocycles. The Bertz CT molecular complexity index is 1100. The first-order valence-corrected chi connectivity index (χ1v) is 9.73. The van der Waals surface area contributed by atoms with Crippen molar-refractivity contribution in [2.75, 3.05) is 6.54 Å². The summed E-state index contributed by atoms with van der Waals surface area (Å²) < 4.78 is 1.29. The molecule has 158 valence electrons. The van der Waals surface area contributed by atoms with Gasteiger partial charge < -0.3 is 10.4 Å². The van der Waals surface area contributed by atoms with Gasteiger partial charge in [0.1, 0.15) is 0 Å². The molecule has 8 nitrogen and oxygen atoms in total. The summed E-state index contributed by atoms with van der Waals surface area (Å²) in [5.74, 6) is -0.133. The number of aliphatic hydroxyl groups excluding tert-OH is 1. The van der Waals surface area contributed by atoms with E-state index in [2.05, 4.69) is 20.3 Å². The summed E-state index contributed by atoms with van der Waals surface area (Å²) in [5, 5.41) is 13.2. The minimum absolute atomic E-state index is 0. The second-order valence-electron chi connectivity index (χ2n) is 7.45. The zero-order valence-electron chi connectivity index (χ0n) is 16.2. The number of aromatic nitrogens is 4. The molecule has 0 spiro atoms. The van der Waals surface area contributed by atoms with Crippen molar-refractivity contribution >= 4 is 16.8 Å². The number of pyridine rings is 2. The number of rotatable bonds is 5. The quantitative estimate of drug-likeness (QED) is 0.662. The summed E-state index contributed by atoms with van der Waals surface area (Å²) in [7, 11) is 0. The molecule has 1 aliphatic rings. The van der Waals surface area contributed by atoms with Gasteiger partial charge in [0.2, 0.25) is 0 Å². The van der Waals surface area contributed by atoms with Crippen molar-refractivity contribution in [3.8, 4) is 11.3 Å². The smallest absolute Gasteiger partial charge is 0.280 e. The van der Waals surface area contributed by atoms with Gasteiger partial charge in [-0.3, -0.25) is 19.1 Å². The fourth-order valence-electron chi connectivity index (χ4n) is 3.71. The van der Waals surface area contributed by atoms with Gasteiger partial charge in [0.25, 0.3) is 5.56 Å². The van der Waals surface area contributed by atoms with Gasteiger partial charge in [-0.25, -0.2) is 9.97 Å². The summed E-state index contributed by atoms with van der Waals surface area (Å²) in [6.45, 7) is 2.57. The van der Waals surface area contributed by atoms with Crippen LogP contribution >= 0.6 is 0 Å². The van der Waals surface area contributed by atoms with Gasteiger partial charge in [0.05, 0.1) is 30.2 Å². The Morgan fingerprint density at radius 1 is 1.37 bits per heavy atom. The van der Waals surface area contributed by atoms with Crippen LogP contribution in [0.3, 0.4) is 0 Å². The topological polar surface area (TPSA) is 110 Å². The number of aryl methyl sites for hydroxylation is 1. The zero-order valence-corrected chi connectivity index (χ0v) is 16.2. The third-order valence-corrected chi connectivity index (χ3v) is 5.27. The van der Waals surface area contributed by atoms with E-state index in [4.69, 9.17) is 0 Å². The van der Waals surface area contributed by atoms with Gasteiger partial charge in [-0.1, -0.05) is 7.43 Å². The summed E-state index contributed by atoms with van der Waals surface area (Å²) in [4.78, 5) is 38.4. The molecule has 4 rings (SSSR count). The minimum atomic E-state index is -0.537. The lowest BCUT2D eigenvalue weighted by molar-refractivity contribution is -0.121. The molecule has 2 atom stereocenters. The number of aliphatic hydroxyl groups is 1. The molecule has 0 aromatic carbocycles. The van der Waals surface area contributed by atoms with Crippen LogP contribution in [0.1, 0.15) is 32.3 Å². The Morgan fingerprint density at radius 2 is 2.20 bits per heavy atom. The van der Waals surface area contributed by atoms with E-state index in [0.717, 1.165) is 24.1 Å². The number of nitrogens with zero attached hydrogens (tertiary/aromatic N) is 4. The molecular formula is C22H27N5O3. The second kappa shape index (κ2) is 9.23. The predicted molar refractivity (Wildman–Crippen MR) is 115 cm³/mol. The van der Waals surface area contributed by atoms with Crippen LogP contribution < -0.4 is 10.9 Å². The highest BCUT2D eigenvalue weighted by atomic mass is 16.3. The maximum absolute atomic E-state index is 13.0. The van der Waals surface area contributed by atoms with Crippen molar-refractivity contribution < 1.29 is 9.90 Å². The second-order valence-corrected chi connectivity index (χ2v) is 7.45. The number of carbonyl (C=O) groups is 1. The Kier molecular flexibility index (Phi) is 6.69. The molecule has 0 amide bonds. The number of Topliss-reactive ketones (excluding diaryl/α,β-unsaturated/α-hetero) is 1. The molecular weight excluding hydrogens is 382 g/mol. The monoisotopic (exact) mass is 409 g/mol. The molecule has 0 radical (unpaired) electrons. The SMILES string of the molecule is C.Cc1cc(-c2cccnc2)nc2c(=O)n(CC(=O)C[C@H]3NCCC[C@@H]3O)cnc12. The lowest BCUT2D eigenvalue weighted by Crippen LogP contribution is -2.46. The molecule has 0 aliphatic carbocycles. The zero-order chi connectivity index (χ0) is 20.4. The van der Waals surface area contributed by atoms with E-state index in [1.807, 2.05) is 25.1 Å². The van der Waals surface area contributed by atoms with E-state index in [-0.39, 0.29) is 43.3 Å². The van der Waals surface area contributed by atoms with E-state index >= 15 is 0 Å². The van der Waals surface area contributed by atoms with Crippen LogP contribution in [0.15, 0.2) is 41.7 Å². The first kappa shape index (κ1) is 21.7. The van der Waals surface area contributed by atoms with Gasteiger partial charge in [-0.15, -0.1) is 0 Å². The molecule has 0 bridgehead atoms. The Hall–Kier alpha value is -2.97. The number of piperidine rings is 1. The summed E-state index contributed by atoms with van der Waals surface area (Å²) >= 11 is 0.